The van der Waals surface area contributed by atoms with E-state index in [0.717, 1.165) is 28.1 Å². The first-order valence-corrected chi connectivity index (χ1v) is 6.48. The van der Waals surface area contributed by atoms with Gasteiger partial charge < -0.3 is 14.5 Å². The van der Waals surface area contributed by atoms with Crippen LogP contribution in [0.2, 0.25) is 0 Å². The number of aromatic amines is 1. The van der Waals surface area contributed by atoms with E-state index in [2.05, 4.69) is 9.97 Å². The SMILES string of the molecule is O=C(O)C1CC1c1ncc(-c2coc3ccccc23)[nH]1. The number of imidazole rings is 1. The molecule has 0 saturated heterocycles. The van der Waals surface area contributed by atoms with E-state index in [-0.39, 0.29) is 11.8 Å². The van der Waals surface area contributed by atoms with Gasteiger partial charge >= 0.3 is 5.97 Å². The van der Waals surface area contributed by atoms with Crippen LogP contribution in [-0.4, -0.2) is 21.0 Å². The molecule has 2 heterocycles. The van der Waals surface area contributed by atoms with Crippen LogP contribution in [0.15, 0.2) is 41.1 Å². The van der Waals surface area contributed by atoms with E-state index in [4.69, 9.17) is 9.52 Å². The van der Waals surface area contributed by atoms with Crippen LogP contribution in [0.25, 0.3) is 22.2 Å². The Morgan fingerprint density at radius 1 is 1.40 bits per heavy atom. The highest BCUT2D eigenvalue weighted by molar-refractivity contribution is 5.92. The van der Waals surface area contributed by atoms with Crippen molar-refractivity contribution in [1.82, 2.24) is 9.97 Å². The maximum absolute atomic E-state index is 10.9. The average molecular weight is 268 g/mol. The molecule has 2 aromatic heterocycles. The molecule has 0 radical (unpaired) electrons. The summed E-state index contributed by atoms with van der Waals surface area (Å²) in [6.45, 7) is 0. The second-order valence-corrected chi connectivity index (χ2v) is 5.11. The van der Waals surface area contributed by atoms with Gasteiger partial charge in [0.05, 0.1) is 17.8 Å². The maximum atomic E-state index is 10.9. The summed E-state index contributed by atoms with van der Waals surface area (Å²) < 4.78 is 5.51. The molecule has 2 unspecified atom stereocenters. The zero-order chi connectivity index (χ0) is 13.7. The number of hydrogen-bond donors (Lipinski definition) is 2. The van der Waals surface area contributed by atoms with E-state index in [1.165, 1.54) is 0 Å². The number of carboxylic acids is 1. The van der Waals surface area contributed by atoms with E-state index in [0.29, 0.717) is 6.42 Å². The lowest BCUT2D eigenvalue weighted by Gasteiger charge is -1.94. The van der Waals surface area contributed by atoms with Gasteiger partial charge in [0.2, 0.25) is 0 Å². The van der Waals surface area contributed by atoms with Gasteiger partial charge in [-0.3, -0.25) is 4.79 Å². The normalized spacial score (nSPS) is 21.2. The molecule has 4 rings (SSSR count). The number of nitrogens with zero attached hydrogens (tertiary/aromatic N) is 1. The van der Waals surface area contributed by atoms with E-state index in [1.807, 2.05) is 24.3 Å². The van der Waals surface area contributed by atoms with Gasteiger partial charge in [-0.2, -0.15) is 0 Å². The number of carbonyl (C=O) groups is 1. The number of furan rings is 1. The molecule has 0 amide bonds. The molecule has 0 spiro atoms. The first-order chi connectivity index (χ1) is 9.74. The number of nitrogens with one attached hydrogen (secondary N) is 1. The van der Waals surface area contributed by atoms with Gasteiger partial charge in [-0.05, 0) is 12.5 Å². The van der Waals surface area contributed by atoms with Crippen LogP contribution in [0.1, 0.15) is 18.2 Å². The molecule has 1 aliphatic carbocycles. The molecule has 0 bridgehead atoms. The predicted octanol–water partition coefficient (Wildman–Crippen LogP) is 3.01. The molecule has 0 aliphatic heterocycles. The number of aromatic nitrogens is 2. The first-order valence-electron chi connectivity index (χ1n) is 6.48. The summed E-state index contributed by atoms with van der Waals surface area (Å²) in [6.07, 6.45) is 4.10. The Morgan fingerprint density at radius 2 is 2.25 bits per heavy atom. The molecular formula is C15H12N2O3. The molecule has 5 heteroatoms. The van der Waals surface area contributed by atoms with E-state index in [1.54, 1.807) is 12.5 Å². The fourth-order valence-corrected chi connectivity index (χ4v) is 2.62. The molecule has 3 aromatic rings. The molecule has 5 nitrogen and oxygen atoms in total. The summed E-state index contributed by atoms with van der Waals surface area (Å²) >= 11 is 0. The summed E-state index contributed by atoms with van der Waals surface area (Å²) in [4.78, 5) is 18.4. The Kier molecular flexibility index (Phi) is 2.24. The minimum Gasteiger partial charge on any atom is -0.481 e. The number of rotatable bonds is 3. The zero-order valence-electron chi connectivity index (χ0n) is 10.5. The number of para-hydroxylation sites is 1. The predicted molar refractivity (Wildman–Crippen MR) is 72.3 cm³/mol. The van der Waals surface area contributed by atoms with Crippen LogP contribution in [0.3, 0.4) is 0 Å². The smallest absolute Gasteiger partial charge is 0.307 e. The summed E-state index contributed by atoms with van der Waals surface area (Å²) in [5.74, 6) is -0.283. The summed E-state index contributed by atoms with van der Waals surface area (Å²) in [7, 11) is 0. The molecular weight excluding hydrogens is 256 g/mol. The van der Waals surface area contributed by atoms with Gasteiger partial charge in [0.15, 0.2) is 0 Å². The lowest BCUT2D eigenvalue weighted by molar-refractivity contribution is -0.138. The van der Waals surface area contributed by atoms with Crippen molar-refractivity contribution in [2.45, 2.75) is 12.3 Å². The van der Waals surface area contributed by atoms with Crippen molar-refractivity contribution in [3.63, 3.8) is 0 Å². The monoisotopic (exact) mass is 268 g/mol. The van der Waals surface area contributed by atoms with Crippen LogP contribution >= 0.6 is 0 Å². The number of hydrogen-bond acceptors (Lipinski definition) is 3. The van der Waals surface area contributed by atoms with Crippen molar-refractivity contribution in [3.05, 3.63) is 42.5 Å². The summed E-state index contributed by atoms with van der Waals surface area (Å²) in [5.41, 5.74) is 2.64. The number of carboxylic acid groups (broad SMARTS) is 1. The van der Waals surface area contributed by atoms with Crippen LogP contribution < -0.4 is 0 Å². The highest BCUT2D eigenvalue weighted by atomic mass is 16.4. The lowest BCUT2D eigenvalue weighted by atomic mass is 10.1. The van der Waals surface area contributed by atoms with Crippen LogP contribution in [0.5, 0.6) is 0 Å². The standard InChI is InChI=1S/C15H12N2O3/c18-15(19)10-5-9(10)14-16-6-12(17-14)11-7-20-13-4-2-1-3-8(11)13/h1-4,6-7,9-10H,5H2,(H,16,17)(H,18,19). The molecule has 1 saturated carbocycles. The molecule has 2 N–H and O–H groups in total. The summed E-state index contributed by atoms with van der Waals surface area (Å²) in [6, 6.07) is 7.79. The maximum Gasteiger partial charge on any atom is 0.307 e. The van der Waals surface area contributed by atoms with Gasteiger partial charge in [0.25, 0.3) is 0 Å². The fraction of sp³-hybridized carbons (Fsp3) is 0.200. The Balaban J connectivity index is 1.70. The highest BCUT2D eigenvalue weighted by Gasteiger charge is 2.46. The van der Waals surface area contributed by atoms with E-state index in [9.17, 15) is 4.79 Å². The largest absolute Gasteiger partial charge is 0.481 e. The molecule has 100 valence electrons. The van der Waals surface area contributed by atoms with Gasteiger partial charge in [0.1, 0.15) is 17.7 Å². The van der Waals surface area contributed by atoms with Crippen molar-refractivity contribution < 1.29 is 14.3 Å². The molecule has 1 aromatic carbocycles. The number of aliphatic carboxylic acids is 1. The Bertz CT molecular complexity index is 802. The van der Waals surface area contributed by atoms with Crippen LogP contribution in [0.4, 0.5) is 0 Å². The summed E-state index contributed by atoms with van der Waals surface area (Å²) in [5, 5.41) is 9.98. The van der Waals surface area contributed by atoms with Crippen molar-refractivity contribution in [2.24, 2.45) is 5.92 Å². The minimum atomic E-state index is -0.748. The third-order valence-corrected chi connectivity index (χ3v) is 3.83. The number of H-pyrrole nitrogens is 1. The third-order valence-electron chi connectivity index (χ3n) is 3.83. The molecule has 20 heavy (non-hydrogen) atoms. The van der Waals surface area contributed by atoms with Crippen LogP contribution in [-0.2, 0) is 4.79 Å². The van der Waals surface area contributed by atoms with Crippen molar-refractivity contribution in [2.75, 3.05) is 0 Å². The van der Waals surface area contributed by atoms with Crippen LogP contribution in [0, 0.1) is 5.92 Å². The van der Waals surface area contributed by atoms with Gasteiger partial charge in [-0.1, -0.05) is 18.2 Å². The van der Waals surface area contributed by atoms with Crippen molar-refractivity contribution in [3.8, 4) is 11.3 Å². The first kappa shape index (κ1) is 11.3. The second kappa shape index (κ2) is 3.96. The number of benzene rings is 1. The Hall–Kier alpha value is -2.56. The molecule has 1 aliphatic rings. The third kappa shape index (κ3) is 1.63. The zero-order valence-corrected chi connectivity index (χ0v) is 10.5. The average Bonchev–Trinajstić information content (AvgIpc) is 2.93. The Labute approximate surface area is 114 Å². The van der Waals surface area contributed by atoms with Gasteiger partial charge in [0, 0.05) is 16.9 Å². The fourth-order valence-electron chi connectivity index (χ4n) is 2.62. The second-order valence-electron chi connectivity index (χ2n) is 5.11. The van der Waals surface area contributed by atoms with Gasteiger partial charge in [-0.25, -0.2) is 4.98 Å². The van der Waals surface area contributed by atoms with Crippen molar-refractivity contribution in [1.29, 1.82) is 0 Å². The highest BCUT2D eigenvalue weighted by Crippen LogP contribution is 2.46. The minimum absolute atomic E-state index is 0.0133. The number of fused-ring (bicyclic) bond motifs is 1. The molecule has 2 atom stereocenters. The topological polar surface area (TPSA) is 79.1 Å². The molecule has 1 fully saturated rings. The Morgan fingerprint density at radius 3 is 3.05 bits per heavy atom. The van der Waals surface area contributed by atoms with E-state index >= 15 is 0 Å². The van der Waals surface area contributed by atoms with E-state index < -0.39 is 5.97 Å². The van der Waals surface area contributed by atoms with Crippen molar-refractivity contribution >= 4 is 16.9 Å². The van der Waals surface area contributed by atoms with Gasteiger partial charge in [-0.15, -0.1) is 0 Å². The quantitative estimate of drug-likeness (QED) is 0.765. The lowest BCUT2D eigenvalue weighted by Crippen LogP contribution is -1.99.